The number of aromatic nitrogens is 3. The van der Waals surface area contributed by atoms with Crippen molar-refractivity contribution in [2.45, 2.75) is 40.2 Å². The quantitative estimate of drug-likeness (QED) is 0.648. The van der Waals surface area contributed by atoms with Crippen LogP contribution in [0, 0.1) is 6.92 Å². The van der Waals surface area contributed by atoms with Crippen LogP contribution in [0.1, 0.15) is 47.0 Å². The molecule has 2 N–H and O–H groups in total. The number of para-hydroxylation sites is 1. The van der Waals surface area contributed by atoms with Gasteiger partial charge in [0.15, 0.2) is 0 Å². The second-order valence-corrected chi connectivity index (χ2v) is 6.47. The minimum atomic E-state index is -0.234. The molecule has 2 heterocycles. The van der Waals surface area contributed by atoms with E-state index >= 15 is 0 Å². The Balaban J connectivity index is 1.80. The first-order valence-electron chi connectivity index (χ1n) is 9.52. The summed E-state index contributed by atoms with van der Waals surface area (Å²) in [4.78, 5) is 25.9. The molecule has 6 heteroatoms. The van der Waals surface area contributed by atoms with Crippen molar-refractivity contribution in [3.8, 4) is 0 Å². The number of carbonyl (C=O) groups excluding carboxylic acids is 1. The van der Waals surface area contributed by atoms with Crippen LogP contribution in [0.25, 0.3) is 0 Å². The summed E-state index contributed by atoms with van der Waals surface area (Å²) in [6.07, 6.45) is 3.45. The third-order valence-corrected chi connectivity index (χ3v) is 4.48. The van der Waals surface area contributed by atoms with Crippen LogP contribution < -0.4 is 10.6 Å². The normalized spacial score (nSPS) is 10.5. The number of amides is 1. The third kappa shape index (κ3) is 4.71. The van der Waals surface area contributed by atoms with Crippen LogP contribution in [0.2, 0.25) is 0 Å². The van der Waals surface area contributed by atoms with E-state index in [1.165, 1.54) is 0 Å². The Morgan fingerprint density at radius 3 is 2.39 bits per heavy atom. The van der Waals surface area contributed by atoms with Crippen molar-refractivity contribution < 1.29 is 4.79 Å². The number of hydrogen-bond acceptors (Lipinski definition) is 5. The van der Waals surface area contributed by atoms with Crippen LogP contribution in [0.3, 0.4) is 0 Å². The molecule has 0 fully saturated rings. The van der Waals surface area contributed by atoms with Gasteiger partial charge in [-0.25, -0.2) is 9.97 Å². The van der Waals surface area contributed by atoms with Crippen molar-refractivity contribution in [1.29, 1.82) is 0 Å². The average molecular weight is 375 g/mol. The Morgan fingerprint density at radius 1 is 1.00 bits per heavy atom. The molecule has 0 atom stereocenters. The highest BCUT2D eigenvalue weighted by atomic mass is 16.1. The topological polar surface area (TPSA) is 79.8 Å². The van der Waals surface area contributed by atoms with Gasteiger partial charge >= 0.3 is 0 Å². The molecule has 0 aliphatic carbocycles. The van der Waals surface area contributed by atoms with Gasteiger partial charge in [0, 0.05) is 18.0 Å². The highest BCUT2D eigenvalue weighted by Crippen LogP contribution is 2.23. The van der Waals surface area contributed by atoms with Gasteiger partial charge in [0.1, 0.15) is 17.3 Å². The summed E-state index contributed by atoms with van der Waals surface area (Å²) in [5.74, 6) is 0.903. The molecule has 144 valence electrons. The van der Waals surface area contributed by atoms with E-state index in [0.29, 0.717) is 23.9 Å². The minimum Gasteiger partial charge on any atom is -0.364 e. The Kier molecular flexibility index (Phi) is 6.32. The van der Waals surface area contributed by atoms with E-state index in [2.05, 4.69) is 39.4 Å². The predicted octanol–water partition coefficient (Wildman–Crippen LogP) is 4.17. The first-order valence-corrected chi connectivity index (χ1v) is 9.52. The molecule has 1 amide bonds. The number of benzene rings is 1. The fourth-order valence-corrected chi connectivity index (χ4v) is 3.04. The van der Waals surface area contributed by atoms with Crippen molar-refractivity contribution in [2.75, 3.05) is 10.6 Å². The smallest absolute Gasteiger partial charge is 0.274 e. The molecule has 0 unspecified atom stereocenters. The molecule has 0 radical (unpaired) electrons. The molecule has 0 saturated carbocycles. The van der Waals surface area contributed by atoms with Gasteiger partial charge in [-0.1, -0.05) is 38.1 Å². The number of nitrogens with zero attached hydrogens (tertiary/aromatic N) is 3. The summed E-state index contributed by atoms with van der Waals surface area (Å²) in [5.41, 5.74) is 4.36. The van der Waals surface area contributed by atoms with Crippen LogP contribution in [0.4, 0.5) is 11.5 Å². The first kappa shape index (κ1) is 19.5. The third-order valence-electron chi connectivity index (χ3n) is 4.48. The van der Waals surface area contributed by atoms with Gasteiger partial charge in [0.05, 0.1) is 12.2 Å². The molecular formula is C22H25N5O. The Morgan fingerprint density at radius 2 is 1.75 bits per heavy atom. The van der Waals surface area contributed by atoms with Crippen LogP contribution in [0.15, 0.2) is 48.7 Å². The summed E-state index contributed by atoms with van der Waals surface area (Å²) < 4.78 is 0. The van der Waals surface area contributed by atoms with Gasteiger partial charge < -0.3 is 10.6 Å². The lowest BCUT2D eigenvalue weighted by atomic mass is 10.0. The van der Waals surface area contributed by atoms with E-state index in [1.54, 1.807) is 19.2 Å². The monoisotopic (exact) mass is 375 g/mol. The zero-order valence-electron chi connectivity index (χ0n) is 16.5. The Hall–Kier alpha value is -3.28. The molecule has 0 spiro atoms. The lowest BCUT2D eigenvalue weighted by Crippen LogP contribution is -2.18. The Bertz CT molecular complexity index is 934. The molecule has 28 heavy (non-hydrogen) atoms. The number of pyridine rings is 1. The molecule has 1 aromatic carbocycles. The number of anilines is 2. The number of rotatable bonds is 7. The van der Waals surface area contributed by atoms with Crippen molar-refractivity contribution in [3.05, 3.63) is 77.0 Å². The van der Waals surface area contributed by atoms with E-state index in [4.69, 9.17) is 0 Å². The van der Waals surface area contributed by atoms with Gasteiger partial charge in [-0.15, -0.1) is 0 Å². The van der Waals surface area contributed by atoms with Crippen LogP contribution >= 0.6 is 0 Å². The molecule has 2 aromatic heterocycles. The second-order valence-electron chi connectivity index (χ2n) is 6.47. The SMILES string of the molecule is CCc1cccc(CC)c1NC(=O)c1cc(NCc2ccccn2)nc(C)n1. The standard InChI is InChI=1S/C22H25N5O/c1-4-16-9-8-10-17(5-2)21(16)27-22(28)19-13-20(26-15(3)25-19)24-14-18-11-6-7-12-23-18/h6-13H,4-5,14H2,1-3H3,(H,27,28)(H,24,25,26). The molecule has 0 bridgehead atoms. The maximum atomic E-state index is 12.9. The fourth-order valence-electron chi connectivity index (χ4n) is 3.04. The minimum absolute atomic E-state index is 0.234. The molecule has 6 nitrogen and oxygen atoms in total. The van der Waals surface area contributed by atoms with Crippen LogP contribution in [0.5, 0.6) is 0 Å². The zero-order valence-corrected chi connectivity index (χ0v) is 16.5. The number of nitrogens with one attached hydrogen (secondary N) is 2. The number of hydrogen-bond donors (Lipinski definition) is 2. The van der Waals surface area contributed by atoms with Crippen molar-refractivity contribution in [1.82, 2.24) is 15.0 Å². The zero-order chi connectivity index (χ0) is 19.9. The average Bonchev–Trinajstić information content (AvgIpc) is 2.72. The Labute approximate surface area is 165 Å². The summed E-state index contributed by atoms with van der Waals surface area (Å²) in [5, 5.41) is 6.27. The highest BCUT2D eigenvalue weighted by Gasteiger charge is 2.14. The molecule has 0 saturated heterocycles. The van der Waals surface area contributed by atoms with Gasteiger partial charge in [-0.05, 0) is 43.0 Å². The van der Waals surface area contributed by atoms with E-state index in [-0.39, 0.29) is 5.91 Å². The summed E-state index contributed by atoms with van der Waals surface area (Å²) in [7, 11) is 0. The van der Waals surface area contributed by atoms with Gasteiger partial charge in [0.2, 0.25) is 0 Å². The summed E-state index contributed by atoms with van der Waals surface area (Å²) in [6.45, 7) is 6.47. The van der Waals surface area contributed by atoms with Crippen LogP contribution in [-0.2, 0) is 19.4 Å². The lowest BCUT2D eigenvalue weighted by Gasteiger charge is -2.14. The number of carbonyl (C=O) groups is 1. The van der Waals surface area contributed by atoms with Gasteiger partial charge in [0.25, 0.3) is 5.91 Å². The van der Waals surface area contributed by atoms with Crippen LogP contribution in [-0.4, -0.2) is 20.9 Å². The van der Waals surface area contributed by atoms with Crippen molar-refractivity contribution >= 4 is 17.4 Å². The second kappa shape index (κ2) is 9.08. The van der Waals surface area contributed by atoms with E-state index < -0.39 is 0 Å². The van der Waals surface area contributed by atoms with Crippen molar-refractivity contribution in [2.24, 2.45) is 0 Å². The van der Waals surface area contributed by atoms with Gasteiger partial charge in [-0.3, -0.25) is 9.78 Å². The van der Waals surface area contributed by atoms with Gasteiger partial charge in [-0.2, -0.15) is 0 Å². The lowest BCUT2D eigenvalue weighted by molar-refractivity contribution is 0.102. The van der Waals surface area contributed by atoms with E-state index in [9.17, 15) is 4.79 Å². The summed E-state index contributed by atoms with van der Waals surface area (Å²) >= 11 is 0. The molecule has 3 rings (SSSR count). The molecular weight excluding hydrogens is 350 g/mol. The predicted molar refractivity (Wildman–Crippen MR) is 111 cm³/mol. The maximum Gasteiger partial charge on any atom is 0.274 e. The maximum absolute atomic E-state index is 12.9. The molecule has 0 aliphatic heterocycles. The fraction of sp³-hybridized carbons (Fsp3) is 0.273. The molecule has 0 aliphatic rings. The van der Waals surface area contributed by atoms with E-state index in [1.807, 2.05) is 36.4 Å². The summed E-state index contributed by atoms with van der Waals surface area (Å²) in [6, 6.07) is 13.5. The largest absolute Gasteiger partial charge is 0.364 e. The number of aryl methyl sites for hydroxylation is 3. The molecule has 3 aromatic rings. The van der Waals surface area contributed by atoms with E-state index in [0.717, 1.165) is 35.3 Å². The van der Waals surface area contributed by atoms with Crippen molar-refractivity contribution in [3.63, 3.8) is 0 Å². The first-order chi connectivity index (χ1) is 13.6. The highest BCUT2D eigenvalue weighted by molar-refractivity contribution is 6.04.